The molecular weight excluding hydrogens is 288 g/mol. The Hall–Kier alpha value is -1.06. The largest absolute Gasteiger partial charge is 0.389 e. The lowest BCUT2D eigenvalue weighted by atomic mass is 10.0. The maximum atomic E-state index is 10.2. The van der Waals surface area contributed by atoms with Crippen molar-refractivity contribution in [2.45, 2.75) is 50.3 Å². The molecule has 3 rings (SSSR count). The Labute approximate surface area is 129 Å². The molecule has 0 saturated carbocycles. The summed E-state index contributed by atoms with van der Waals surface area (Å²) in [6.45, 7) is 2.91. The Morgan fingerprint density at radius 2 is 2.27 bits per heavy atom. The van der Waals surface area contributed by atoms with E-state index in [1.165, 1.54) is 0 Å². The van der Waals surface area contributed by atoms with Crippen LogP contribution in [-0.2, 0) is 27.4 Å². The average molecular weight is 312 g/mol. The van der Waals surface area contributed by atoms with Gasteiger partial charge in [-0.2, -0.15) is 0 Å². The number of methoxy groups -OCH3 is 1. The highest BCUT2D eigenvalue weighted by atomic mass is 16.5. The lowest BCUT2D eigenvalue weighted by molar-refractivity contribution is 0.0562. The van der Waals surface area contributed by atoms with E-state index in [-0.39, 0.29) is 12.1 Å². The number of aromatic nitrogens is 3. The Morgan fingerprint density at radius 3 is 3.05 bits per heavy atom. The molecule has 3 atom stereocenters. The number of nitrogens with zero attached hydrogens (tertiary/aromatic N) is 3. The normalized spacial score (nSPS) is 30.0. The molecule has 0 aromatic carbocycles. The number of nitrogens with one attached hydrogen (secondary N) is 1. The molecule has 8 nitrogen and oxygen atoms in total. The van der Waals surface area contributed by atoms with Gasteiger partial charge in [-0.05, 0) is 12.8 Å². The quantitative estimate of drug-likeness (QED) is 0.719. The number of aliphatic hydroxyl groups is 1. The lowest BCUT2D eigenvalue weighted by Crippen LogP contribution is -2.51. The molecular formula is C14H24N4O4. The topological polar surface area (TPSA) is 90.7 Å². The second kappa shape index (κ2) is 7.47. The standard InChI is InChI=1S/C14H24N4O4/c1-20-8-11-6-18(17-16-11)7-13-14(12(19)9-22-13)15-10-2-4-21-5-3-10/h6,10,12-15,19H,2-5,7-9H2,1H3/t12-,13+,14+/m0/s1. The molecule has 22 heavy (non-hydrogen) atoms. The van der Waals surface area contributed by atoms with E-state index < -0.39 is 6.10 Å². The fraction of sp³-hybridized carbons (Fsp3) is 0.857. The molecule has 2 N–H and O–H groups in total. The molecule has 2 aliphatic heterocycles. The zero-order valence-corrected chi connectivity index (χ0v) is 12.9. The number of hydrogen-bond donors (Lipinski definition) is 2. The smallest absolute Gasteiger partial charge is 0.108 e. The Morgan fingerprint density at radius 1 is 1.45 bits per heavy atom. The average Bonchev–Trinajstić information content (AvgIpc) is 3.10. The Balaban J connectivity index is 1.58. The van der Waals surface area contributed by atoms with Crippen LogP contribution in [0.2, 0.25) is 0 Å². The number of hydrogen-bond acceptors (Lipinski definition) is 7. The van der Waals surface area contributed by atoms with Crippen LogP contribution in [0.1, 0.15) is 18.5 Å². The fourth-order valence-corrected chi connectivity index (χ4v) is 3.02. The molecule has 0 radical (unpaired) electrons. The molecule has 124 valence electrons. The van der Waals surface area contributed by atoms with Gasteiger partial charge in [-0.15, -0.1) is 5.10 Å². The molecule has 0 aliphatic carbocycles. The van der Waals surface area contributed by atoms with Crippen LogP contribution in [0.25, 0.3) is 0 Å². The van der Waals surface area contributed by atoms with Crippen LogP contribution in [0, 0.1) is 0 Å². The van der Waals surface area contributed by atoms with Crippen molar-refractivity contribution in [1.29, 1.82) is 0 Å². The van der Waals surface area contributed by atoms with Crippen LogP contribution in [0.15, 0.2) is 6.20 Å². The molecule has 2 saturated heterocycles. The van der Waals surface area contributed by atoms with Crippen LogP contribution in [0.4, 0.5) is 0 Å². The minimum Gasteiger partial charge on any atom is -0.389 e. The second-order valence-corrected chi connectivity index (χ2v) is 5.88. The number of rotatable bonds is 6. The predicted octanol–water partition coefficient (Wildman–Crippen LogP) is -0.679. The summed E-state index contributed by atoms with van der Waals surface area (Å²) < 4.78 is 17.9. The van der Waals surface area contributed by atoms with Gasteiger partial charge in [0.25, 0.3) is 0 Å². The SMILES string of the molecule is COCc1cn(C[C@H]2OC[C@H](O)[C@H]2NC2CCOCC2)nn1. The summed E-state index contributed by atoms with van der Waals surface area (Å²) in [4.78, 5) is 0. The van der Waals surface area contributed by atoms with E-state index in [2.05, 4.69) is 15.6 Å². The molecule has 2 fully saturated rings. The van der Waals surface area contributed by atoms with Crippen LogP contribution in [-0.4, -0.2) is 71.3 Å². The zero-order chi connectivity index (χ0) is 15.4. The van der Waals surface area contributed by atoms with E-state index in [4.69, 9.17) is 14.2 Å². The van der Waals surface area contributed by atoms with E-state index in [9.17, 15) is 5.11 Å². The summed E-state index contributed by atoms with van der Waals surface area (Å²) in [7, 11) is 1.63. The lowest BCUT2D eigenvalue weighted by Gasteiger charge is -2.30. The first kappa shape index (κ1) is 15.8. The summed E-state index contributed by atoms with van der Waals surface area (Å²) in [5, 5.41) is 21.8. The first-order chi connectivity index (χ1) is 10.8. The van der Waals surface area contributed by atoms with Crippen molar-refractivity contribution in [2.24, 2.45) is 0 Å². The van der Waals surface area contributed by atoms with Gasteiger partial charge in [-0.1, -0.05) is 5.21 Å². The third-order valence-corrected chi connectivity index (χ3v) is 4.19. The third-order valence-electron chi connectivity index (χ3n) is 4.19. The molecule has 3 heterocycles. The molecule has 8 heteroatoms. The van der Waals surface area contributed by atoms with Gasteiger partial charge in [0.15, 0.2) is 0 Å². The van der Waals surface area contributed by atoms with Crippen molar-refractivity contribution in [3.8, 4) is 0 Å². The highest BCUT2D eigenvalue weighted by molar-refractivity contribution is 4.94. The van der Waals surface area contributed by atoms with Crippen molar-refractivity contribution < 1.29 is 19.3 Å². The van der Waals surface area contributed by atoms with E-state index in [0.29, 0.717) is 25.8 Å². The van der Waals surface area contributed by atoms with E-state index in [0.717, 1.165) is 31.7 Å². The van der Waals surface area contributed by atoms with Gasteiger partial charge in [-0.25, -0.2) is 4.68 Å². The van der Waals surface area contributed by atoms with Crippen molar-refractivity contribution in [3.63, 3.8) is 0 Å². The van der Waals surface area contributed by atoms with Crippen molar-refractivity contribution >= 4 is 0 Å². The second-order valence-electron chi connectivity index (χ2n) is 5.88. The van der Waals surface area contributed by atoms with Crippen LogP contribution in [0.3, 0.4) is 0 Å². The summed E-state index contributed by atoms with van der Waals surface area (Å²) >= 11 is 0. The van der Waals surface area contributed by atoms with Gasteiger partial charge < -0.3 is 24.6 Å². The van der Waals surface area contributed by atoms with Gasteiger partial charge in [0, 0.05) is 26.4 Å². The van der Waals surface area contributed by atoms with E-state index in [1.807, 2.05) is 6.20 Å². The van der Waals surface area contributed by atoms with Crippen molar-refractivity contribution in [1.82, 2.24) is 20.3 Å². The summed E-state index contributed by atoms with van der Waals surface area (Å²) in [6, 6.07) is 0.288. The van der Waals surface area contributed by atoms with E-state index in [1.54, 1.807) is 11.8 Å². The molecule has 1 aromatic heterocycles. The first-order valence-corrected chi connectivity index (χ1v) is 7.77. The predicted molar refractivity (Wildman–Crippen MR) is 77.2 cm³/mol. The molecule has 0 spiro atoms. The van der Waals surface area contributed by atoms with Crippen molar-refractivity contribution in [2.75, 3.05) is 26.9 Å². The summed E-state index contributed by atoms with van der Waals surface area (Å²) in [5.41, 5.74) is 0.787. The Kier molecular flexibility index (Phi) is 5.37. The van der Waals surface area contributed by atoms with E-state index >= 15 is 0 Å². The highest BCUT2D eigenvalue weighted by Crippen LogP contribution is 2.19. The van der Waals surface area contributed by atoms with Gasteiger partial charge >= 0.3 is 0 Å². The summed E-state index contributed by atoms with van der Waals surface area (Å²) in [5.74, 6) is 0. The van der Waals surface area contributed by atoms with Crippen LogP contribution in [0.5, 0.6) is 0 Å². The Bertz CT molecular complexity index is 463. The third kappa shape index (κ3) is 3.82. The molecule has 0 amide bonds. The number of aliphatic hydroxyl groups excluding tert-OH is 1. The molecule has 0 bridgehead atoms. The maximum absolute atomic E-state index is 10.2. The van der Waals surface area contributed by atoms with Gasteiger partial charge in [0.1, 0.15) is 5.69 Å². The van der Waals surface area contributed by atoms with Crippen molar-refractivity contribution in [3.05, 3.63) is 11.9 Å². The van der Waals surface area contributed by atoms with Gasteiger partial charge in [0.2, 0.25) is 0 Å². The highest BCUT2D eigenvalue weighted by Gasteiger charge is 2.37. The fourth-order valence-electron chi connectivity index (χ4n) is 3.02. The van der Waals surface area contributed by atoms with Gasteiger partial charge in [-0.3, -0.25) is 0 Å². The maximum Gasteiger partial charge on any atom is 0.108 e. The molecule has 0 unspecified atom stereocenters. The van der Waals surface area contributed by atoms with Crippen LogP contribution >= 0.6 is 0 Å². The van der Waals surface area contributed by atoms with Crippen LogP contribution < -0.4 is 5.32 Å². The molecule has 1 aromatic rings. The minimum atomic E-state index is -0.491. The van der Waals surface area contributed by atoms with Gasteiger partial charge in [0.05, 0.1) is 44.2 Å². The zero-order valence-electron chi connectivity index (χ0n) is 12.9. The first-order valence-electron chi connectivity index (χ1n) is 7.77. The minimum absolute atomic E-state index is 0.0850. The number of ether oxygens (including phenoxy) is 3. The monoisotopic (exact) mass is 312 g/mol. The molecule has 2 aliphatic rings. The summed E-state index contributed by atoms with van der Waals surface area (Å²) in [6.07, 6.45) is 3.18.